The summed E-state index contributed by atoms with van der Waals surface area (Å²) in [5.41, 5.74) is -1.66. The molecule has 0 saturated heterocycles. The van der Waals surface area contributed by atoms with Gasteiger partial charge in [-0.2, -0.15) is 13.2 Å². The van der Waals surface area contributed by atoms with Crippen LogP contribution in [0.3, 0.4) is 0 Å². The standard InChI is InChI=1S/C14H7Cl2F3N2O2/c15-9-4-8(5-10(16)6-9)7-21-23-13(22)11-2-1-3-20-12(11)14(17,18)19/h1-7H. The average molecular weight is 363 g/mol. The highest BCUT2D eigenvalue weighted by Gasteiger charge is 2.37. The van der Waals surface area contributed by atoms with E-state index in [9.17, 15) is 18.0 Å². The van der Waals surface area contributed by atoms with E-state index in [1.165, 1.54) is 24.3 Å². The van der Waals surface area contributed by atoms with E-state index in [1.54, 1.807) is 0 Å². The lowest BCUT2D eigenvalue weighted by Gasteiger charge is -2.08. The van der Waals surface area contributed by atoms with Crippen molar-refractivity contribution in [3.05, 3.63) is 63.4 Å². The Bertz CT molecular complexity index is 744. The van der Waals surface area contributed by atoms with Crippen LogP contribution in [0.5, 0.6) is 0 Å². The van der Waals surface area contributed by atoms with Crippen LogP contribution in [-0.4, -0.2) is 17.2 Å². The highest BCUT2D eigenvalue weighted by Crippen LogP contribution is 2.30. The van der Waals surface area contributed by atoms with Crippen LogP contribution in [0.25, 0.3) is 0 Å². The molecule has 0 unspecified atom stereocenters. The molecule has 0 N–H and O–H groups in total. The van der Waals surface area contributed by atoms with Crippen molar-refractivity contribution in [3.8, 4) is 0 Å². The Balaban J connectivity index is 2.16. The van der Waals surface area contributed by atoms with Gasteiger partial charge in [0.05, 0.1) is 11.8 Å². The maximum absolute atomic E-state index is 12.7. The van der Waals surface area contributed by atoms with Crippen molar-refractivity contribution in [2.45, 2.75) is 6.18 Å². The average Bonchev–Trinajstić information content (AvgIpc) is 2.45. The molecule has 0 atom stereocenters. The van der Waals surface area contributed by atoms with Gasteiger partial charge in [0, 0.05) is 16.2 Å². The van der Waals surface area contributed by atoms with E-state index in [2.05, 4.69) is 15.0 Å². The molecule has 1 heterocycles. The summed E-state index contributed by atoms with van der Waals surface area (Å²) < 4.78 is 38.2. The van der Waals surface area contributed by atoms with Crippen molar-refractivity contribution < 1.29 is 22.8 Å². The Hall–Kier alpha value is -2.12. The minimum atomic E-state index is -4.78. The molecule has 0 saturated carbocycles. The van der Waals surface area contributed by atoms with Crippen LogP contribution in [0.4, 0.5) is 13.2 Å². The Labute approximate surface area is 138 Å². The van der Waals surface area contributed by atoms with Gasteiger partial charge in [0.2, 0.25) is 0 Å². The van der Waals surface area contributed by atoms with Crippen molar-refractivity contribution in [2.24, 2.45) is 5.16 Å². The largest absolute Gasteiger partial charge is 0.434 e. The highest BCUT2D eigenvalue weighted by molar-refractivity contribution is 6.35. The Morgan fingerprint density at radius 3 is 2.48 bits per heavy atom. The molecule has 0 amide bonds. The third-order valence-electron chi connectivity index (χ3n) is 2.52. The van der Waals surface area contributed by atoms with E-state index in [0.717, 1.165) is 18.5 Å². The molecule has 9 heteroatoms. The van der Waals surface area contributed by atoms with Gasteiger partial charge in [0.25, 0.3) is 0 Å². The summed E-state index contributed by atoms with van der Waals surface area (Å²) in [5.74, 6) is -1.28. The van der Waals surface area contributed by atoms with Crippen LogP contribution in [0.2, 0.25) is 10.0 Å². The second-order valence-corrected chi connectivity index (χ2v) is 5.09. The van der Waals surface area contributed by atoms with Crippen molar-refractivity contribution in [1.82, 2.24) is 4.98 Å². The fourth-order valence-electron chi connectivity index (χ4n) is 1.63. The van der Waals surface area contributed by atoms with E-state index in [-0.39, 0.29) is 0 Å². The third kappa shape index (κ3) is 4.67. The van der Waals surface area contributed by atoms with Gasteiger partial charge >= 0.3 is 12.1 Å². The third-order valence-corrected chi connectivity index (χ3v) is 2.95. The first-order valence-electron chi connectivity index (χ1n) is 6.00. The molecule has 4 nitrogen and oxygen atoms in total. The van der Waals surface area contributed by atoms with Crippen LogP contribution >= 0.6 is 23.2 Å². The fourth-order valence-corrected chi connectivity index (χ4v) is 2.17. The van der Waals surface area contributed by atoms with E-state index in [0.29, 0.717) is 15.6 Å². The number of alkyl halides is 3. The van der Waals surface area contributed by atoms with Crippen molar-refractivity contribution in [1.29, 1.82) is 0 Å². The summed E-state index contributed by atoms with van der Waals surface area (Å²) in [5, 5.41) is 4.00. The summed E-state index contributed by atoms with van der Waals surface area (Å²) >= 11 is 11.5. The molecule has 23 heavy (non-hydrogen) atoms. The van der Waals surface area contributed by atoms with Crippen LogP contribution in [0.15, 0.2) is 41.7 Å². The van der Waals surface area contributed by atoms with Crippen LogP contribution in [-0.2, 0) is 11.0 Å². The maximum atomic E-state index is 12.7. The van der Waals surface area contributed by atoms with Gasteiger partial charge in [0.15, 0.2) is 5.69 Å². The van der Waals surface area contributed by atoms with Crippen LogP contribution < -0.4 is 0 Å². The van der Waals surface area contributed by atoms with Crippen molar-refractivity contribution >= 4 is 35.4 Å². The molecule has 0 bridgehead atoms. The van der Waals surface area contributed by atoms with Gasteiger partial charge in [-0.1, -0.05) is 28.4 Å². The molecule has 0 spiro atoms. The molecular weight excluding hydrogens is 356 g/mol. The zero-order chi connectivity index (χ0) is 17.0. The Morgan fingerprint density at radius 2 is 1.87 bits per heavy atom. The number of hydrogen-bond donors (Lipinski definition) is 0. The maximum Gasteiger partial charge on any atom is 0.434 e. The summed E-state index contributed by atoms with van der Waals surface area (Å²) in [6.45, 7) is 0. The van der Waals surface area contributed by atoms with E-state index in [4.69, 9.17) is 23.2 Å². The number of aromatic nitrogens is 1. The zero-order valence-corrected chi connectivity index (χ0v) is 12.7. The molecule has 2 aromatic rings. The molecule has 2 rings (SSSR count). The van der Waals surface area contributed by atoms with Gasteiger partial charge < -0.3 is 4.84 Å². The summed E-state index contributed by atoms with van der Waals surface area (Å²) in [4.78, 5) is 19.3. The quantitative estimate of drug-likeness (QED) is 0.455. The molecule has 0 aliphatic heterocycles. The molecule has 0 aliphatic carbocycles. The normalized spacial score (nSPS) is 11.7. The van der Waals surface area contributed by atoms with Gasteiger partial charge in [-0.25, -0.2) is 4.79 Å². The van der Waals surface area contributed by atoms with Gasteiger partial charge in [-0.3, -0.25) is 4.98 Å². The monoisotopic (exact) mass is 362 g/mol. The van der Waals surface area contributed by atoms with Gasteiger partial charge in [-0.15, -0.1) is 0 Å². The molecule has 1 aromatic carbocycles. The number of carbonyl (C=O) groups is 1. The smallest absolute Gasteiger partial charge is 0.313 e. The number of nitrogens with zero attached hydrogens (tertiary/aromatic N) is 2. The number of carbonyl (C=O) groups excluding carboxylic acids is 1. The first-order chi connectivity index (χ1) is 10.8. The first kappa shape index (κ1) is 17.2. The number of oxime groups is 1. The van der Waals surface area contributed by atoms with Crippen molar-refractivity contribution in [3.63, 3.8) is 0 Å². The SMILES string of the molecule is O=C(ON=Cc1cc(Cl)cc(Cl)c1)c1cccnc1C(F)(F)F. The van der Waals surface area contributed by atoms with E-state index < -0.39 is 23.4 Å². The lowest BCUT2D eigenvalue weighted by atomic mass is 10.2. The fraction of sp³-hybridized carbons (Fsp3) is 0.0714. The summed E-state index contributed by atoms with van der Waals surface area (Å²) in [6, 6.07) is 6.58. The molecular formula is C14H7Cl2F3N2O2. The van der Waals surface area contributed by atoms with Gasteiger partial charge in [0.1, 0.15) is 0 Å². The second kappa shape index (κ2) is 6.97. The first-order valence-corrected chi connectivity index (χ1v) is 6.76. The lowest BCUT2D eigenvalue weighted by Crippen LogP contribution is -2.15. The van der Waals surface area contributed by atoms with Crippen LogP contribution in [0, 0.1) is 0 Å². The Kier molecular flexibility index (Phi) is 5.23. The number of hydrogen-bond acceptors (Lipinski definition) is 4. The number of halogens is 5. The molecule has 0 fully saturated rings. The summed E-state index contributed by atoms with van der Waals surface area (Å²) in [6.07, 6.45) is -2.75. The van der Waals surface area contributed by atoms with E-state index >= 15 is 0 Å². The van der Waals surface area contributed by atoms with Crippen LogP contribution in [0.1, 0.15) is 21.6 Å². The lowest BCUT2D eigenvalue weighted by molar-refractivity contribution is -0.141. The van der Waals surface area contributed by atoms with E-state index in [1.807, 2.05) is 0 Å². The Morgan fingerprint density at radius 1 is 1.22 bits per heavy atom. The van der Waals surface area contributed by atoms with Crippen molar-refractivity contribution in [2.75, 3.05) is 0 Å². The predicted octanol–water partition coefficient (Wildman–Crippen LogP) is 4.60. The number of benzene rings is 1. The van der Waals surface area contributed by atoms with Gasteiger partial charge in [-0.05, 0) is 35.9 Å². The minimum absolute atomic E-state index is 0.330. The molecule has 0 radical (unpaired) electrons. The zero-order valence-electron chi connectivity index (χ0n) is 11.1. The highest BCUT2D eigenvalue weighted by atomic mass is 35.5. The number of rotatable bonds is 3. The second-order valence-electron chi connectivity index (χ2n) is 4.21. The number of pyridine rings is 1. The molecule has 0 aliphatic rings. The minimum Gasteiger partial charge on any atom is -0.313 e. The molecule has 1 aromatic heterocycles. The predicted molar refractivity (Wildman–Crippen MR) is 78.7 cm³/mol. The molecule has 120 valence electrons. The summed E-state index contributed by atoms with van der Waals surface area (Å²) in [7, 11) is 0. The topological polar surface area (TPSA) is 51.5 Å².